The molecule has 2 fully saturated rings. The Balaban J connectivity index is 2.01. The number of hydrogen-bond acceptors (Lipinski definition) is 2. The molecule has 0 radical (unpaired) electrons. The first kappa shape index (κ1) is 13.9. The maximum absolute atomic E-state index is 12.4. The number of hydrogen-bond donors (Lipinski definition) is 2. The van der Waals surface area contributed by atoms with E-state index in [4.69, 9.17) is 0 Å². The molecule has 1 amide bonds. The van der Waals surface area contributed by atoms with Gasteiger partial charge >= 0.3 is 0 Å². The molecule has 1 saturated carbocycles. The lowest BCUT2D eigenvalue weighted by Crippen LogP contribution is -2.55. The van der Waals surface area contributed by atoms with Gasteiger partial charge in [0.15, 0.2) is 0 Å². The molecule has 5 atom stereocenters. The lowest BCUT2D eigenvalue weighted by molar-refractivity contribution is -0.130. The Morgan fingerprint density at radius 2 is 2.11 bits per heavy atom. The van der Waals surface area contributed by atoms with Crippen molar-refractivity contribution in [3.63, 3.8) is 0 Å². The topological polar surface area (TPSA) is 41.1 Å². The molecular weight excluding hydrogens is 224 g/mol. The van der Waals surface area contributed by atoms with E-state index < -0.39 is 0 Å². The summed E-state index contributed by atoms with van der Waals surface area (Å²) in [6.07, 6.45) is 7.11. The molecule has 2 rings (SSSR count). The molecule has 3 nitrogen and oxygen atoms in total. The lowest BCUT2D eigenvalue weighted by Gasteiger charge is -2.44. The molecule has 18 heavy (non-hydrogen) atoms. The van der Waals surface area contributed by atoms with Crippen LogP contribution in [0.5, 0.6) is 0 Å². The Bertz CT molecular complexity index is 292. The number of nitrogens with one attached hydrogen (secondary N) is 2. The number of amides is 1. The van der Waals surface area contributed by atoms with Crippen LogP contribution in [0, 0.1) is 11.8 Å². The van der Waals surface area contributed by atoms with Crippen molar-refractivity contribution in [3.8, 4) is 0 Å². The molecule has 2 N–H and O–H groups in total. The normalized spacial score (nSPS) is 37.7. The van der Waals surface area contributed by atoms with Crippen molar-refractivity contribution in [2.75, 3.05) is 0 Å². The third-order valence-electron chi connectivity index (χ3n) is 4.78. The number of rotatable bonds is 3. The minimum absolute atomic E-state index is 0.237. The van der Waals surface area contributed by atoms with Crippen LogP contribution >= 0.6 is 0 Å². The highest BCUT2D eigenvalue weighted by Gasteiger charge is 2.40. The highest BCUT2D eigenvalue weighted by Crippen LogP contribution is 2.36. The summed E-state index contributed by atoms with van der Waals surface area (Å²) in [7, 11) is 0. The van der Waals surface area contributed by atoms with Crippen LogP contribution in [0.1, 0.15) is 59.3 Å². The zero-order valence-corrected chi connectivity index (χ0v) is 12.0. The lowest BCUT2D eigenvalue weighted by atomic mass is 9.71. The van der Waals surface area contributed by atoms with Gasteiger partial charge in [-0.15, -0.1) is 0 Å². The fraction of sp³-hybridized carbons (Fsp3) is 0.933. The zero-order chi connectivity index (χ0) is 13.1. The van der Waals surface area contributed by atoms with E-state index in [1.54, 1.807) is 0 Å². The van der Waals surface area contributed by atoms with E-state index in [9.17, 15) is 4.79 Å². The molecule has 0 bridgehead atoms. The van der Waals surface area contributed by atoms with Crippen molar-refractivity contribution in [1.82, 2.24) is 10.6 Å². The highest BCUT2D eigenvalue weighted by atomic mass is 16.2. The van der Waals surface area contributed by atoms with Gasteiger partial charge in [0.25, 0.3) is 0 Å². The quantitative estimate of drug-likeness (QED) is 0.810. The molecule has 104 valence electrons. The van der Waals surface area contributed by atoms with Crippen LogP contribution in [0.25, 0.3) is 0 Å². The summed E-state index contributed by atoms with van der Waals surface area (Å²) >= 11 is 0. The summed E-state index contributed by atoms with van der Waals surface area (Å²) in [5.41, 5.74) is 0. The van der Waals surface area contributed by atoms with Crippen molar-refractivity contribution >= 4 is 5.91 Å². The van der Waals surface area contributed by atoms with Gasteiger partial charge in [-0.3, -0.25) is 4.79 Å². The molecule has 1 heterocycles. The molecule has 0 spiro atoms. The van der Waals surface area contributed by atoms with Crippen LogP contribution in [-0.4, -0.2) is 24.0 Å². The van der Waals surface area contributed by atoms with Crippen LogP contribution in [0.15, 0.2) is 0 Å². The van der Waals surface area contributed by atoms with Gasteiger partial charge in [-0.2, -0.15) is 0 Å². The van der Waals surface area contributed by atoms with Crippen LogP contribution in [0.2, 0.25) is 0 Å². The van der Waals surface area contributed by atoms with Gasteiger partial charge in [-0.1, -0.05) is 19.8 Å². The predicted octanol–water partition coefficient (Wildman–Crippen LogP) is 2.46. The highest BCUT2D eigenvalue weighted by molar-refractivity contribution is 5.79. The Morgan fingerprint density at radius 3 is 2.83 bits per heavy atom. The molecule has 2 aliphatic rings. The second kappa shape index (κ2) is 6.05. The van der Waals surface area contributed by atoms with E-state index in [2.05, 4.69) is 31.4 Å². The first-order valence-corrected chi connectivity index (χ1v) is 7.68. The smallest absolute Gasteiger partial charge is 0.223 e. The van der Waals surface area contributed by atoms with Crippen molar-refractivity contribution in [3.05, 3.63) is 0 Å². The van der Waals surface area contributed by atoms with Crippen LogP contribution in [0.4, 0.5) is 0 Å². The zero-order valence-electron chi connectivity index (χ0n) is 12.0. The van der Waals surface area contributed by atoms with Crippen molar-refractivity contribution in [2.45, 2.75) is 77.4 Å². The van der Waals surface area contributed by atoms with E-state index in [1.165, 1.54) is 25.7 Å². The van der Waals surface area contributed by atoms with Crippen LogP contribution in [-0.2, 0) is 4.79 Å². The fourth-order valence-corrected chi connectivity index (χ4v) is 3.59. The second-order valence-corrected chi connectivity index (χ2v) is 6.28. The summed E-state index contributed by atoms with van der Waals surface area (Å²) < 4.78 is 0. The third-order valence-corrected chi connectivity index (χ3v) is 4.78. The average molecular weight is 252 g/mol. The number of carbonyl (C=O) groups is 1. The van der Waals surface area contributed by atoms with E-state index in [0.717, 1.165) is 12.8 Å². The summed E-state index contributed by atoms with van der Waals surface area (Å²) in [5.74, 6) is 1.11. The summed E-state index contributed by atoms with van der Waals surface area (Å²) in [6, 6.07) is 1.37. The molecule has 0 aromatic heterocycles. The fourth-order valence-electron chi connectivity index (χ4n) is 3.59. The minimum Gasteiger partial charge on any atom is -0.353 e. The van der Waals surface area contributed by atoms with Crippen LogP contribution in [0.3, 0.4) is 0 Å². The summed E-state index contributed by atoms with van der Waals surface area (Å²) in [5, 5.41) is 6.88. The number of fused-ring (bicyclic) bond motifs is 1. The second-order valence-electron chi connectivity index (χ2n) is 6.28. The Kier molecular flexibility index (Phi) is 4.66. The van der Waals surface area contributed by atoms with E-state index in [-0.39, 0.29) is 5.92 Å². The van der Waals surface area contributed by atoms with Crippen molar-refractivity contribution in [1.29, 1.82) is 0 Å². The summed E-state index contributed by atoms with van der Waals surface area (Å²) in [6.45, 7) is 6.44. The average Bonchev–Trinajstić information content (AvgIpc) is 2.37. The Hall–Kier alpha value is -0.570. The van der Waals surface area contributed by atoms with Crippen molar-refractivity contribution < 1.29 is 4.79 Å². The number of carbonyl (C=O) groups excluding carboxylic acids is 1. The first-order valence-electron chi connectivity index (χ1n) is 7.68. The van der Waals surface area contributed by atoms with E-state index in [1.807, 2.05) is 0 Å². The first-order chi connectivity index (χ1) is 8.61. The Labute approximate surface area is 111 Å². The van der Waals surface area contributed by atoms with Gasteiger partial charge in [-0.25, -0.2) is 0 Å². The molecule has 0 unspecified atom stereocenters. The molecule has 3 heteroatoms. The minimum atomic E-state index is 0.237. The summed E-state index contributed by atoms with van der Waals surface area (Å²) in [4.78, 5) is 12.4. The van der Waals surface area contributed by atoms with Crippen LogP contribution < -0.4 is 10.6 Å². The maximum atomic E-state index is 12.4. The SMILES string of the molecule is CC[C@H](C)NC(=O)[C@H]1C[C@@H](C)N[C@@H]2CCCC[C@@H]12. The molecule has 0 aromatic rings. The molecule has 1 aliphatic carbocycles. The van der Waals surface area contributed by atoms with Gasteiger partial charge in [-0.05, 0) is 45.4 Å². The Morgan fingerprint density at radius 1 is 1.39 bits per heavy atom. The molecular formula is C15H28N2O. The van der Waals surface area contributed by atoms with Gasteiger partial charge in [0.1, 0.15) is 0 Å². The largest absolute Gasteiger partial charge is 0.353 e. The monoisotopic (exact) mass is 252 g/mol. The third kappa shape index (κ3) is 3.05. The van der Waals surface area contributed by atoms with Gasteiger partial charge in [0.2, 0.25) is 5.91 Å². The standard InChI is InChI=1S/C15H28N2O/c1-4-10(2)17-15(18)13-9-11(3)16-14-8-6-5-7-12(13)14/h10-14,16H,4-9H2,1-3H3,(H,17,18)/t10-,11+,12-,13-,14+/m0/s1. The van der Waals surface area contributed by atoms with E-state index >= 15 is 0 Å². The van der Waals surface area contributed by atoms with E-state index in [0.29, 0.717) is 30.0 Å². The molecule has 0 aromatic carbocycles. The van der Waals surface area contributed by atoms with Gasteiger partial charge in [0, 0.05) is 24.0 Å². The predicted molar refractivity (Wildman–Crippen MR) is 74.3 cm³/mol. The molecule has 1 aliphatic heterocycles. The number of piperidine rings is 1. The van der Waals surface area contributed by atoms with Crippen molar-refractivity contribution in [2.24, 2.45) is 11.8 Å². The van der Waals surface area contributed by atoms with Gasteiger partial charge < -0.3 is 10.6 Å². The molecule has 1 saturated heterocycles. The van der Waals surface area contributed by atoms with Gasteiger partial charge in [0.05, 0.1) is 0 Å². The maximum Gasteiger partial charge on any atom is 0.223 e.